The van der Waals surface area contributed by atoms with Crippen molar-refractivity contribution in [2.75, 3.05) is 0 Å². The molecule has 0 unspecified atom stereocenters. The molecule has 0 bridgehead atoms. The van der Waals surface area contributed by atoms with Gasteiger partial charge in [-0.1, -0.05) is 34.8 Å². The van der Waals surface area contributed by atoms with Gasteiger partial charge < -0.3 is 5.11 Å². The van der Waals surface area contributed by atoms with Crippen molar-refractivity contribution in [3.8, 4) is 17.5 Å². The molecule has 0 atom stereocenters. The van der Waals surface area contributed by atoms with Gasteiger partial charge in [0.2, 0.25) is 0 Å². The molecule has 0 spiro atoms. The molecule has 1 N–H and O–H groups in total. The Morgan fingerprint density at radius 1 is 1.04 bits per heavy atom. The summed E-state index contributed by atoms with van der Waals surface area (Å²) in [6.07, 6.45) is 1.24. The molecule has 3 rings (SSSR count). The SMILES string of the molecule is N#Cc1cc(C(=O)c2cc(Cl)ccc2O)cn(-c2cc(Cl)ccc2Cl)c1=O. The molecule has 1 aromatic heterocycles. The van der Waals surface area contributed by atoms with Crippen molar-refractivity contribution in [1.29, 1.82) is 5.26 Å². The standard InChI is InChI=1S/C19H9Cl3N2O3/c20-12-2-4-17(25)14(6-12)18(26)11-5-10(8-23)19(27)24(9-11)16-7-13(21)1-3-15(16)22/h1-7,9,25H. The van der Waals surface area contributed by atoms with Crippen molar-refractivity contribution < 1.29 is 9.90 Å². The number of halogens is 3. The van der Waals surface area contributed by atoms with Gasteiger partial charge in [0.25, 0.3) is 5.56 Å². The molecule has 134 valence electrons. The summed E-state index contributed by atoms with van der Waals surface area (Å²) < 4.78 is 1.07. The maximum atomic E-state index is 12.8. The first-order valence-electron chi connectivity index (χ1n) is 7.47. The van der Waals surface area contributed by atoms with Crippen LogP contribution in [0.25, 0.3) is 5.69 Å². The number of benzene rings is 2. The molecule has 0 saturated heterocycles. The van der Waals surface area contributed by atoms with Gasteiger partial charge in [0.05, 0.1) is 16.3 Å². The second-order valence-electron chi connectivity index (χ2n) is 5.52. The number of hydrogen-bond donors (Lipinski definition) is 1. The number of nitrogens with zero attached hydrogens (tertiary/aromatic N) is 2. The molecule has 5 nitrogen and oxygen atoms in total. The highest BCUT2D eigenvalue weighted by Crippen LogP contribution is 2.26. The maximum absolute atomic E-state index is 12.8. The van der Waals surface area contributed by atoms with Gasteiger partial charge in [0.15, 0.2) is 5.78 Å². The van der Waals surface area contributed by atoms with Crippen LogP contribution in [0.5, 0.6) is 5.75 Å². The summed E-state index contributed by atoms with van der Waals surface area (Å²) >= 11 is 18.0. The highest BCUT2D eigenvalue weighted by atomic mass is 35.5. The van der Waals surface area contributed by atoms with E-state index in [0.29, 0.717) is 5.02 Å². The van der Waals surface area contributed by atoms with Gasteiger partial charge >= 0.3 is 0 Å². The quantitative estimate of drug-likeness (QED) is 0.629. The number of carbonyl (C=O) groups is 1. The first-order chi connectivity index (χ1) is 12.8. The van der Waals surface area contributed by atoms with E-state index in [0.717, 1.165) is 10.6 Å². The molecule has 0 fully saturated rings. The van der Waals surface area contributed by atoms with Crippen LogP contribution >= 0.6 is 34.8 Å². The van der Waals surface area contributed by atoms with Gasteiger partial charge in [-0.05, 0) is 42.5 Å². The Labute approximate surface area is 168 Å². The average molecular weight is 420 g/mol. The lowest BCUT2D eigenvalue weighted by atomic mass is 10.0. The molecule has 0 aliphatic carbocycles. The molecule has 0 amide bonds. The third kappa shape index (κ3) is 3.69. The normalized spacial score (nSPS) is 10.4. The van der Waals surface area contributed by atoms with Crippen LogP contribution in [0.3, 0.4) is 0 Å². The first kappa shape index (κ1) is 19.0. The smallest absolute Gasteiger partial charge is 0.273 e. The van der Waals surface area contributed by atoms with E-state index in [2.05, 4.69) is 0 Å². The summed E-state index contributed by atoms with van der Waals surface area (Å²) in [5.74, 6) is -0.889. The number of nitriles is 1. The predicted molar refractivity (Wildman–Crippen MR) is 103 cm³/mol. The number of phenolic OH excluding ortho intramolecular Hbond substituents is 1. The second kappa shape index (κ2) is 7.45. The van der Waals surface area contributed by atoms with E-state index < -0.39 is 11.3 Å². The van der Waals surface area contributed by atoms with E-state index in [1.54, 1.807) is 12.1 Å². The number of hydrogen-bond acceptors (Lipinski definition) is 4. The van der Waals surface area contributed by atoms with E-state index >= 15 is 0 Å². The summed E-state index contributed by atoms with van der Waals surface area (Å²) in [7, 11) is 0. The minimum atomic E-state index is -0.659. The number of rotatable bonds is 3. The van der Waals surface area contributed by atoms with Gasteiger partial charge in [-0.15, -0.1) is 0 Å². The third-order valence-electron chi connectivity index (χ3n) is 3.77. The van der Waals surface area contributed by atoms with Gasteiger partial charge in [0.1, 0.15) is 17.4 Å². The van der Waals surface area contributed by atoms with E-state index in [4.69, 9.17) is 34.8 Å². The zero-order chi connectivity index (χ0) is 19.7. The van der Waals surface area contributed by atoms with Crippen LogP contribution in [-0.2, 0) is 0 Å². The summed E-state index contributed by atoms with van der Waals surface area (Å²) in [6.45, 7) is 0. The van der Waals surface area contributed by atoms with Crippen molar-refractivity contribution >= 4 is 40.6 Å². The fourth-order valence-electron chi connectivity index (χ4n) is 2.48. The molecule has 3 aromatic rings. The summed E-state index contributed by atoms with van der Waals surface area (Å²) in [5, 5.41) is 20.0. The molecule has 1 heterocycles. The van der Waals surface area contributed by atoms with Crippen LogP contribution in [0.15, 0.2) is 53.5 Å². The lowest BCUT2D eigenvalue weighted by Crippen LogP contribution is -2.23. The minimum Gasteiger partial charge on any atom is -0.507 e. The van der Waals surface area contributed by atoms with Crippen molar-refractivity contribution in [2.45, 2.75) is 0 Å². The highest BCUT2D eigenvalue weighted by molar-refractivity contribution is 6.34. The molecule has 0 aliphatic rings. The van der Waals surface area contributed by atoms with E-state index in [1.807, 2.05) is 0 Å². The molecule has 8 heteroatoms. The highest BCUT2D eigenvalue weighted by Gasteiger charge is 2.19. The second-order valence-corrected chi connectivity index (χ2v) is 6.80. The summed E-state index contributed by atoms with van der Waals surface area (Å²) in [4.78, 5) is 25.4. The number of carbonyl (C=O) groups excluding carboxylic acids is 1. The Morgan fingerprint density at radius 2 is 1.70 bits per heavy atom. The summed E-state index contributed by atoms with van der Waals surface area (Å²) in [5.41, 5.74) is -0.767. The molecule has 0 radical (unpaired) electrons. The molecule has 2 aromatic carbocycles. The topological polar surface area (TPSA) is 83.1 Å². The Bertz CT molecular complexity index is 1180. The Hall–Kier alpha value is -2.78. The van der Waals surface area contributed by atoms with Gasteiger partial charge in [-0.25, -0.2) is 0 Å². The van der Waals surface area contributed by atoms with Crippen LogP contribution < -0.4 is 5.56 Å². The van der Waals surface area contributed by atoms with Crippen molar-refractivity contribution in [3.05, 3.63) is 90.8 Å². The predicted octanol–water partition coefficient (Wildman–Crippen LogP) is 4.61. The molecule has 0 aliphatic heterocycles. The lowest BCUT2D eigenvalue weighted by Gasteiger charge is -2.12. The van der Waals surface area contributed by atoms with Crippen LogP contribution in [0, 0.1) is 11.3 Å². The minimum absolute atomic E-state index is 0.000223. The Kier molecular flexibility index (Phi) is 5.24. The molecule has 0 saturated carbocycles. The fraction of sp³-hybridized carbons (Fsp3) is 0. The number of aromatic hydroxyl groups is 1. The van der Waals surface area contributed by atoms with Crippen LogP contribution in [-0.4, -0.2) is 15.5 Å². The summed E-state index contributed by atoms with van der Waals surface area (Å²) in [6, 6.07) is 11.4. The van der Waals surface area contributed by atoms with Crippen LogP contribution in [0.4, 0.5) is 0 Å². The molecular formula is C19H9Cl3N2O3. The van der Waals surface area contributed by atoms with Gasteiger partial charge in [-0.2, -0.15) is 5.26 Å². The number of phenols is 1. The van der Waals surface area contributed by atoms with Crippen LogP contribution in [0.1, 0.15) is 21.5 Å². The van der Waals surface area contributed by atoms with Crippen LogP contribution in [0.2, 0.25) is 15.1 Å². The number of ketones is 1. The number of pyridine rings is 1. The van der Waals surface area contributed by atoms with E-state index in [-0.39, 0.29) is 38.2 Å². The Morgan fingerprint density at radius 3 is 2.41 bits per heavy atom. The maximum Gasteiger partial charge on any atom is 0.273 e. The lowest BCUT2D eigenvalue weighted by molar-refractivity contribution is 0.103. The zero-order valence-electron chi connectivity index (χ0n) is 13.4. The average Bonchev–Trinajstić information content (AvgIpc) is 2.65. The van der Waals surface area contributed by atoms with E-state index in [9.17, 15) is 20.0 Å². The van der Waals surface area contributed by atoms with Crippen molar-refractivity contribution in [1.82, 2.24) is 4.57 Å². The van der Waals surface area contributed by atoms with Crippen molar-refractivity contribution in [2.24, 2.45) is 0 Å². The largest absolute Gasteiger partial charge is 0.507 e. The monoisotopic (exact) mass is 418 g/mol. The van der Waals surface area contributed by atoms with Gasteiger partial charge in [-0.3, -0.25) is 14.2 Å². The van der Waals surface area contributed by atoms with E-state index in [1.165, 1.54) is 36.5 Å². The molecular weight excluding hydrogens is 411 g/mol. The van der Waals surface area contributed by atoms with Gasteiger partial charge in [0, 0.05) is 21.8 Å². The first-order valence-corrected chi connectivity index (χ1v) is 8.60. The molecule has 27 heavy (non-hydrogen) atoms. The number of aromatic nitrogens is 1. The fourth-order valence-corrected chi connectivity index (χ4v) is 3.03. The third-order valence-corrected chi connectivity index (χ3v) is 4.56. The Balaban J connectivity index is 2.26. The zero-order valence-corrected chi connectivity index (χ0v) is 15.7. The van der Waals surface area contributed by atoms with Crippen molar-refractivity contribution in [3.63, 3.8) is 0 Å².